The van der Waals surface area contributed by atoms with E-state index in [9.17, 15) is 13.6 Å². The van der Waals surface area contributed by atoms with E-state index in [0.717, 1.165) is 5.56 Å². The number of nitrogens with one attached hydrogen (secondary N) is 2. The second-order valence-corrected chi connectivity index (χ2v) is 5.89. The van der Waals surface area contributed by atoms with Crippen LogP contribution >= 0.6 is 0 Å². The summed E-state index contributed by atoms with van der Waals surface area (Å²) in [4.78, 5) is 12.2. The van der Waals surface area contributed by atoms with E-state index in [1.54, 1.807) is 32.1 Å². The van der Waals surface area contributed by atoms with Crippen molar-refractivity contribution in [1.82, 2.24) is 5.32 Å². The number of rotatable bonds is 7. The van der Waals surface area contributed by atoms with Crippen molar-refractivity contribution in [3.8, 4) is 0 Å². The first kappa shape index (κ1) is 19.6. The molecule has 0 saturated carbocycles. The molecule has 4 nitrogen and oxygen atoms in total. The molecule has 6 heteroatoms. The molecule has 2 N–H and O–H groups in total. The van der Waals surface area contributed by atoms with Gasteiger partial charge in [-0.2, -0.15) is 0 Å². The molecule has 0 unspecified atom stereocenters. The summed E-state index contributed by atoms with van der Waals surface area (Å²) in [6.45, 7) is 7.35. The summed E-state index contributed by atoms with van der Waals surface area (Å²) in [5, 5.41) is 5.20. The largest absolute Gasteiger partial charge is 0.373 e. The van der Waals surface area contributed by atoms with Crippen LogP contribution in [-0.2, 0) is 11.3 Å². The van der Waals surface area contributed by atoms with Gasteiger partial charge in [0.1, 0.15) is 5.82 Å². The van der Waals surface area contributed by atoms with Crippen LogP contribution in [0.3, 0.4) is 0 Å². The maximum atomic E-state index is 15.0. The van der Waals surface area contributed by atoms with Crippen molar-refractivity contribution in [3.05, 3.63) is 70.8 Å². The van der Waals surface area contributed by atoms with Crippen LogP contribution in [0.25, 0.3) is 0 Å². The summed E-state index contributed by atoms with van der Waals surface area (Å²) in [7, 11) is 1.45. The first-order chi connectivity index (χ1) is 12.4. The number of halogens is 2. The molecule has 0 saturated heterocycles. The highest BCUT2D eigenvalue weighted by Crippen LogP contribution is 2.31. The van der Waals surface area contributed by atoms with E-state index < -0.39 is 17.5 Å². The number of ether oxygens (including phenoxy) is 1. The number of benzene rings is 2. The van der Waals surface area contributed by atoms with E-state index in [2.05, 4.69) is 17.2 Å². The molecule has 0 aliphatic heterocycles. The van der Waals surface area contributed by atoms with Gasteiger partial charge < -0.3 is 15.4 Å². The highest BCUT2D eigenvalue weighted by molar-refractivity contribution is 6.00. The Balaban J connectivity index is 2.50. The Hall–Kier alpha value is -2.73. The van der Waals surface area contributed by atoms with Crippen molar-refractivity contribution in [2.24, 2.45) is 0 Å². The molecule has 0 spiro atoms. The van der Waals surface area contributed by atoms with Gasteiger partial charge in [0.2, 0.25) is 0 Å². The molecule has 0 aliphatic rings. The minimum absolute atomic E-state index is 0.0722. The van der Waals surface area contributed by atoms with Crippen molar-refractivity contribution in [1.29, 1.82) is 0 Å². The number of anilines is 2. The fraction of sp³-hybridized carbons (Fsp3) is 0.250. The highest BCUT2D eigenvalue weighted by Gasteiger charge is 2.21. The molecular weight excluding hydrogens is 338 g/mol. The molecule has 0 bridgehead atoms. The molecule has 138 valence electrons. The van der Waals surface area contributed by atoms with E-state index in [4.69, 9.17) is 4.74 Å². The molecule has 0 fully saturated rings. The van der Waals surface area contributed by atoms with Gasteiger partial charge in [-0.3, -0.25) is 4.79 Å². The first-order valence-electron chi connectivity index (χ1n) is 8.14. The zero-order valence-corrected chi connectivity index (χ0v) is 15.1. The average Bonchev–Trinajstić information content (AvgIpc) is 2.62. The quantitative estimate of drug-likeness (QED) is 0.569. The predicted molar refractivity (Wildman–Crippen MR) is 98.8 cm³/mol. The molecule has 0 aromatic heterocycles. The molecule has 26 heavy (non-hydrogen) atoms. The fourth-order valence-electron chi connectivity index (χ4n) is 2.50. The second kappa shape index (κ2) is 8.58. The summed E-state index contributed by atoms with van der Waals surface area (Å²) < 4.78 is 34.5. The molecule has 0 atom stereocenters. The summed E-state index contributed by atoms with van der Waals surface area (Å²) in [5.41, 5.74) is 1.71. The van der Waals surface area contributed by atoms with Crippen molar-refractivity contribution >= 4 is 17.3 Å². The highest BCUT2D eigenvalue weighted by atomic mass is 19.1. The number of carbonyl (C=O) groups excluding carboxylic acids is 1. The van der Waals surface area contributed by atoms with Crippen molar-refractivity contribution < 1.29 is 18.3 Å². The van der Waals surface area contributed by atoms with Gasteiger partial charge in [0.25, 0.3) is 5.91 Å². The fourth-order valence-corrected chi connectivity index (χ4v) is 2.50. The molecule has 0 aliphatic carbocycles. The van der Waals surface area contributed by atoms with Crippen LogP contribution in [0.15, 0.2) is 36.9 Å². The van der Waals surface area contributed by atoms with E-state index in [-0.39, 0.29) is 23.5 Å². The lowest BCUT2D eigenvalue weighted by atomic mass is 10.0. The van der Waals surface area contributed by atoms with Crippen molar-refractivity contribution in [3.63, 3.8) is 0 Å². The molecular formula is C20H22F2N2O2. The predicted octanol–water partition coefficient (Wildman–Crippen LogP) is 4.39. The Bertz CT molecular complexity index is 835. The average molecular weight is 360 g/mol. The van der Waals surface area contributed by atoms with Crippen LogP contribution in [0.1, 0.15) is 27.0 Å². The SMILES string of the molecule is C=CCOCc1cc(C(=O)NC)c(Nc2ccc(C)cc2F)c(F)c1C. The number of aryl methyl sites for hydroxylation is 1. The number of hydrogen-bond acceptors (Lipinski definition) is 3. The number of hydrogen-bond donors (Lipinski definition) is 2. The van der Waals surface area contributed by atoms with Crippen LogP contribution < -0.4 is 10.6 Å². The minimum Gasteiger partial charge on any atom is -0.373 e. The van der Waals surface area contributed by atoms with Gasteiger partial charge in [-0.1, -0.05) is 12.1 Å². The Kier molecular flexibility index (Phi) is 6.46. The second-order valence-electron chi connectivity index (χ2n) is 5.89. The molecule has 1 amide bonds. The van der Waals surface area contributed by atoms with Gasteiger partial charge in [0, 0.05) is 7.05 Å². The van der Waals surface area contributed by atoms with E-state index >= 15 is 0 Å². The third-order valence-corrected chi connectivity index (χ3v) is 3.97. The van der Waals surface area contributed by atoms with Gasteiger partial charge in [-0.25, -0.2) is 8.78 Å². The first-order valence-corrected chi connectivity index (χ1v) is 8.14. The van der Waals surface area contributed by atoms with Crippen LogP contribution in [0.5, 0.6) is 0 Å². The summed E-state index contributed by atoms with van der Waals surface area (Å²) in [6, 6.07) is 6.10. The zero-order valence-electron chi connectivity index (χ0n) is 15.1. The summed E-state index contributed by atoms with van der Waals surface area (Å²) in [5.74, 6) is -1.63. The normalized spacial score (nSPS) is 10.5. The van der Waals surface area contributed by atoms with E-state index in [1.165, 1.54) is 19.2 Å². The molecule has 2 aromatic rings. The van der Waals surface area contributed by atoms with Gasteiger partial charge in [0.15, 0.2) is 5.82 Å². The molecule has 2 aromatic carbocycles. The number of amides is 1. The Morgan fingerprint density at radius 2 is 2.00 bits per heavy atom. The Labute approximate surface area is 151 Å². The maximum absolute atomic E-state index is 15.0. The maximum Gasteiger partial charge on any atom is 0.253 e. The van der Waals surface area contributed by atoms with Gasteiger partial charge in [-0.05, 0) is 48.7 Å². The van der Waals surface area contributed by atoms with Gasteiger partial charge in [-0.15, -0.1) is 6.58 Å². The van der Waals surface area contributed by atoms with Crippen LogP contribution in [0.4, 0.5) is 20.2 Å². The molecule has 0 radical (unpaired) electrons. The monoisotopic (exact) mass is 360 g/mol. The zero-order chi connectivity index (χ0) is 19.3. The van der Waals surface area contributed by atoms with Crippen LogP contribution in [0.2, 0.25) is 0 Å². The lowest BCUT2D eigenvalue weighted by molar-refractivity contribution is 0.0963. The lowest BCUT2D eigenvalue weighted by Gasteiger charge is -2.17. The van der Waals surface area contributed by atoms with Crippen LogP contribution in [-0.4, -0.2) is 19.6 Å². The van der Waals surface area contributed by atoms with Gasteiger partial charge in [0.05, 0.1) is 30.2 Å². The Morgan fingerprint density at radius 1 is 1.27 bits per heavy atom. The van der Waals surface area contributed by atoms with Gasteiger partial charge >= 0.3 is 0 Å². The Morgan fingerprint density at radius 3 is 2.62 bits per heavy atom. The minimum atomic E-state index is -0.622. The lowest BCUT2D eigenvalue weighted by Crippen LogP contribution is -2.21. The topological polar surface area (TPSA) is 50.4 Å². The molecule has 2 rings (SSSR count). The van der Waals surface area contributed by atoms with Crippen molar-refractivity contribution in [2.45, 2.75) is 20.5 Å². The number of carbonyl (C=O) groups is 1. The third kappa shape index (κ3) is 4.26. The summed E-state index contributed by atoms with van der Waals surface area (Å²) >= 11 is 0. The summed E-state index contributed by atoms with van der Waals surface area (Å²) in [6.07, 6.45) is 1.58. The van der Waals surface area contributed by atoms with Crippen LogP contribution in [0, 0.1) is 25.5 Å². The molecule has 0 heterocycles. The van der Waals surface area contributed by atoms with Crippen molar-refractivity contribution in [2.75, 3.05) is 19.0 Å². The van der Waals surface area contributed by atoms with E-state index in [1.807, 2.05) is 0 Å². The van der Waals surface area contributed by atoms with E-state index in [0.29, 0.717) is 17.7 Å². The third-order valence-electron chi connectivity index (χ3n) is 3.97. The standard InChI is InChI=1S/C20H22F2N2O2/c1-5-8-26-11-14-10-15(20(25)23-4)19(18(22)13(14)3)24-17-7-6-12(2)9-16(17)21/h5-7,9-10,24H,1,8,11H2,2-4H3,(H,23,25). The smallest absolute Gasteiger partial charge is 0.253 e.